The number of hydrogen-bond donors (Lipinski definition) is 0. The Labute approximate surface area is 257 Å². The molecule has 204 valence electrons. The van der Waals surface area contributed by atoms with Crippen molar-refractivity contribution >= 4 is 105 Å². The lowest BCUT2D eigenvalue weighted by atomic mass is 9.84. The van der Waals surface area contributed by atoms with E-state index in [1.54, 1.807) is 18.2 Å². The summed E-state index contributed by atoms with van der Waals surface area (Å²) < 4.78 is 3.01. The average molecular weight is 672 g/mol. The van der Waals surface area contributed by atoms with Crippen molar-refractivity contribution in [3.8, 4) is 5.75 Å². The Kier molecular flexibility index (Phi) is 7.16. The highest BCUT2D eigenvalue weighted by atomic mass is 35.5. The SMILES string of the molecule is COc1cccc(C(=O)CN(C(=O)c2ccccc2Cl)N2C(=O)[C@@H]3[C@H](C2=O)[C@@]2(Cl)C(Cl)=C(Cl)[C@@]3(Cl)C2(Cl)Cl)c1. The summed E-state index contributed by atoms with van der Waals surface area (Å²) in [4.78, 5) is 50.8. The fourth-order valence-corrected chi connectivity index (χ4v) is 8.39. The van der Waals surface area contributed by atoms with Crippen LogP contribution in [0.4, 0.5) is 0 Å². The Morgan fingerprint density at radius 1 is 0.897 bits per heavy atom. The molecule has 1 aliphatic heterocycles. The van der Waals surface area contributed by atoms with Crippen molar-refractivity contribution in [2.75, 3.05) is 13.7 Å². The maximum absolute atomic E-state index is 13.9. The molecular formula is C25H15Cl7N2O5. The zero-order valence-electron chi connectivity index (χ0n) is 19.6. The molecule has 14 heteroatoms. The Bertz CT molecular complexity index is 1450. The van der Waals surface area contributed by atoms with Crippen molar-refractivity contribution < 1.29 is 23.9 Å². The van der Waals surface area contributed by atoms with E-state index in [0.29, 0.717) is 15.8 Å². The summed E-state index contributed by atoms with van der Waals surface area (Å²) in [6.07, 6.45) is 0. The van der Waals surface area contributed by atoms with Crippen molar-refractivity contribution in [3.63, 3.8) is 0 Å². The third kappa shape index (κ3) is 3.71. The van der Waals surface area contributed by atoms with Gasteiger partial charge in [-0.05, 0) is 24.3 Å². The molecule has 0 radical (unpaired) electrons. The van der Waals surface area contributed by atoms with Crippen LogP contribution in [0.25, 0.3) is 0 Å². The van der Waals surface area contributed by atoms with Crippen LogP contribution in [0, 0.1) is 11.8 Å². The third-order valence-corrected chi connectivity index (χ3v) is 11.7. The number of alkyl halides is 4. The standard InChI is InChI=1S/C25H15Cl7N2O5/c1-39-12-6-4-5-11(9-12)15(35)10-33(20(36)13-7-2-3-8-14(13)26)34-21(37)16-17(22(34)38)24(30)19(28)18(27)23(16,29)25(24,31)32/h2-9,16-17H,10H2,1H3/t16-,17+,23-,24-/m1/s1. The Hall–Kier alpha value is -1.71. The molecule has 2 fully saturated rings. The topological polar surface area (TPSA) is 84.0 Å². The monoisotopic (exact) mass is 668 g/mol. The Balaban J connectivity index is 1.61. The average Bonchev–Trinajstić information content (AvgIpc) is 3.30. The summed E-state index contributed by atoms with van der Waals surface area (Å²) >= 11 is 45.6. The van der Waals surface area contributed by atoms with Gasteiger partial charge in [-0.2, -0.15) is 5.01 Å². The molecule has 2 aliphatic carbocycles. The van der Waals surface area contributed by atoms with Gasteiger partial charge >= 0.3 is 0 Å². The van der Waals surface area contributed by atoms with Crippen LogP contribution < -0.4 is 4.74 Å². The van der Waals surface area contributed by atoms with Crippen molar-refractivity contribution in [2.24, 2.45) is 11.8 Å². The van der Waals surface area contributed by atoms with E-state index in [2.05, 4.69) is 0 Å². The van der Waals surface area contributed by atoms with E-state index in [9.17, 15) is 19.2 Å². The number of rotatable bonds is 6. The fourth-order valence-electron chi connectivity index (χ4n) is 5.25. The highest BCUT2D eigenvalue weighted by Crippen LogP contribution is 2.77. The third-order valence-electron chi connectivity index (χ3n) is 7.15. The van der Waals surface area contributed by atoms with Gasteiger partial charge in [0, 0.05) is 5.56 Å². The minimum absolute atomic E-state index is 0.0246. The van der Waals surface area contributed by atoms with E-state index < -0.39 is 56.0 Å². The van der Waals surface area contributed by atoms with Gasteiger partial charge in [0.05, 0.1) is 39.6 Å². The van der Waals surface area contributed by atoms with Gasteiger partial charge in [-0.1, -0.05) is 82.3 Å². The zero-order chi connectivity index (χ0) is 28.7. The van der Waals surface area contributed by atoms with Gasteiger partial charge in [0.1, 0.15) is 22.0 Å². The Morgan fingerprint density at radius 2 is 1.46 bits per heavy atom. The van der Waals surface area contributed by atoms with Crippen molar-refractivity contribution in [1.82, 2.24) is 10.0 Å². The number of hydrazine groups is 1. The molecule has 2 aromatic rings. The largest absolute Gasteiger partial charge is 0.497 e. The molecule has 1 saturated heterocycles. The lowest BCUT2D eigenvalue weighted by Gasteiger charge is -2.36. The van der Waals surface area contributed by atoms with Crippen LogP contribution in [0.2, 0.25) is 5.02 Å². The number of imide groups is 1. The van der Waals surface area contributed by atoms with Gasteiger partial charge in [-0.15, -0.1) is 23.2 Å². The molecular weight excluding hydrogens is 656 g/mol. The number of benzene rings is 2. The quantitative estimate of drug-likeness (QED) is 0.213. The molecule has 3 amide bonds. The van der Waals surface area contributed by atoms with Crippen LogP contribution in [-0.4, -0.2) is 61.3 Å². The number of nitrogens with zero attached hydrogens (tertiary/aromatic N) is 2. The smallest absolute Gasteiger partial charge is 0.274 e. The zero-order valence-corrected chi connectivity index (χ0v) is 24.9. The number of ketones is 1. The summed E-state index contributed by atoms with van der Waals surface area (Å²) in [6, 6.07) is 12.1. The number of carbonyl (C=O) groups excluding carboxylic acids is 4. The van der Waals surface area contributed by atoms with Crippen LogP contribution in [0.5, 0.6) is 5.75 Å². The molecule has 1 saturated carbocycles. The first-order chi connectivity index (χ1) is 18.2. The van der Waals surface area contributed by atoms with E-state index in [-0.39, 0.29) is 26.2 Å². The molecule has 0 unspecified atom stereocenters. The Morgan fingerprint density at radius 3 is 2.00 bits per heavy atom. The summed E-state index contributed by atoms with van der Waals surface area (Å²) in [6.45, 7) is -0.736. The minimum Gasteiger partial charge on any atom is -0.497 e. The normalized spacial score (nSPS) is 28.7. The first kappa shape index (κ1) is 28.8. The number of fused-ring (bicyclic) bond motifs is 5. The second-order valence-electron chi connectivity index (χ2n) is 9.07. The summed E-state index contributed by atoms with van der Waals surface area (Å²) in [5.41, 5.74) is 0.0826. The molecule has 0 aromatic heterocycles. The van der Waals surface area contributed by atoms with Crippen LogP contribution in [-0.2, 0) is 9.59 Å². The number of hydrogen-bond acceptors (Lipinski definition) is 5. The lowest BCUT2D eigenvalue weighted by molar-refractivity contribution is -0.154. The molecule has 4 atom stereocenters. The number of ether oxygens (including phenoxy) is 1. The van der Waals surface area contributed by atoms with Crippen molar-refractivity contribution in [3.05, 3.63) is 74.7 Å². The molecule has 2 aromatic carbocycles. The van der Waals surface area contributed by atoms with Crippen molar-refractivity contribution in [2.45, 2.75) is 14.1 Å². The van der Waals surface area contributed by atoms with Crippen LogP contribution >= 0.6 is 81.2 Å². The maximum Gasteiger partial charge on any atom is 0.274 e. The molecule has 1 heterocycles. The van der Waals surface area contributed by atoms with E-state index in [1.807, 2.05) is 0 Å². The van der Waals surface area contributed by atoms with Crippen molar-refractivity contribution in [1.29, 1.82) is 0 Å². The predicted octanol–water partition coefficient (Wildman–Crippen LogP) is 6.04. The number of allylic oxidation sites excluding steroid dienone is 2. The fraction of sp³-hybridized carbons (Fsp3) is 0.280. The van der Waals surface area contributed by atoms with E-state index >= 15 is 0 Å². The number of Topliss-reactive ketones (excluding diaryl/α,β-unsaturated/α-hetero) is 1. The van der Waals surface area contributed by atoms with Crippen LogP contribution in [0.3, 0.4) is 0 Å². The highest BCUT2D eigenvalue weighted by Gasteiger charge is 2.88. The summed E-state index contributed by atoms with van der Waals surface area (Å²) in [5.74, 6) is -6.12. The number of methoxy groups -OCH3 is 1. The van der Waals surface area contributed by atoms with Crippen LogP contribution in [0.15, 0.2) is 58.6 Å². The second-order valence-corrected chi connectivity index (χ2v) is 12.8. The summed E-state index contributed by atoms with van der Waals surface area (Å²) in [7, 11) is 1.42. The first-order valence-electron chi connectivity index (χ1n) is 11.2. The van der Waals surface area contributed by atoms with Gasteiger partial charge in [0.2, 0.25) is 0 Å². The molecule has 3 aliphatic rings. The maximum atomic E-state index is 13.9. The van der Waals surface area contributed by atoms with E-state index in [1.165, 1.54) is 37.4 Å². The highest BCUT2D eigenvalue weighted by molar-refractivity contribution is 6.66. The summed E-state index contributed by atoms with van der Waals surface area (Å²) in [5, 5.41) is 0.670. The van der Waals surface area contributed by atoms with Gasteiger partial charge in [-0.3, -0.25) is 19.2 Å². The number of amides is 3. The van der Waals surface area contributed by atoms with Gasteiger partial charge in [0.25, 0.3) is 17.7 Å². The molecule has 2 bridgehead atoms. The van der Waals surface area contributed by atoms with Gasteiger partial charge in [0.15, 0.2) is 10.1 Å². The molecule has 0 N–H and O–H groups in total. The molecule has 0 spiro atoms. The van der Waals surface area contributed by atoms with Crippen LogP contribution in [0.1, 0.15) is 20.7 Å². The van der Waals surface area contributed by atoms with E-state index in [0.717, 1.165) is 0 Å². The van der Waals surface area contributed by atoms with E-state index in [4.69, 9.17) is 85.9 Å². The molecule has 39 heavy (non-hydrogen) atoms. The predicted molar refractivity (Wildman–Crippen MR) is 149 cm³/mol. The second kappa shape index (κ2) is 9.69. The first-order valence-corrected chi connectivity index (χ1v) is 13.8. The van der Waals surface area contributed by atoms with Gasteiger partial charge < -0.3 is 4.74 Å². The number of halogens is 7. The molecule has 7 nitrogen and oxygen atoms in total. The lowest BCUT2D eigenvalue weighted by Crippen LogP contribution is -2.56. The molecule has 5 rings (SSSR count). The van der Waals surface area contributed by atoms with Gasteiger partial charge in [-0.25, -0.2) is 5.01 Å². The number of carbonyl (C=O) groups is 4. The minimum atomic E-state index is -2.15.